The van der Waals surface area contributed by atoms with Gasteiger partial charge in [-0.15, -0.1) is 0 Å². The number of aliphatic hydroxyl groups excluding tert-OH is 3. The molecule has 0 heterocycles. The molecule has 30 heavy (non-hydrogen) atoms. The second kappa shape index (κ2) is 9.58. The lowest BCUT2D eigenvalue weighted by molar-refractivity contribution is -0.156. The van der Waals surface area contributed by atoms with Crippen LogP contribution in [0.3, 0.4) is 0 Å². The molecular formula is C24H36O6. The molecule has 3 unspecified atom stereocenters. The van der Waals surface area contributed by atoms with Crippen LogP contribution in [-0.2, 0) is 14.3 Å². The molecule has 0 aliphatic heterocycles. The van der Waals surface area contributed by atoms with Crippen LogP contribution in [0.15, 0.2) is 36.0 Å². The fourth-order valence-corrected chi connectivity index (χ4v) is 5.19. The van der Waals surface area contributed by atoms with Gasteiger partial charge in [-0.25, -0.2) is 0 Å². The summed E-state index contributed by atoms with van der Waals surface area (Å²) in [6.45, 7) is 16.3. The quantitative estimate of drug-likeness (QED) is 0.451. The van der Waals surface area contributed by atoms with Crippen molar-refractivity contribution >= 4 is 11.8 Å². The number of ether oxygens (including phenoxy) is 1. The Hall–Kier alpha value is -1.76. The van der Waals surface area contributed by atoms with Gasteiger partial charge in [0.1, 0.15) is 11.9 Å². The predicted octanol–water partition coefficient (Wildman–Crippen LogP) is 2.58. The Morgan fingerprint density at radius 3 is 2.10 bits per heavy atom. The van der Waals surface area contributed by atoms with Gasteiger partial charge < -0.3 is 20.1 Å². The van der Waals surface area contributed by atoms with E-state index in [0.29, 0.717) is 17.6 Å². The van der Waals surface area contributed by atoms with Gasteiger partial charge in [0.2, 0.25) is 0 Å². The molecule has 9 atom stereocenters. The molecule has 2 rings (SSSR count). The normalized spacial score (nSPS) is 34.4. The highest BCUT2D eigenvalue weighted by atomic mass is 16.5. The molecule has 6 nitrogen and oxygen atoms in total. The van der Waals surface area contributed by atoms with E-state index < -0.39 is 54.1 Å². The van der Waals surface area contributed by atoms with Crippen LogP contribution in [0.1, 0.15) is 47.5 Å². The largest absolute Gasteiger partial charge is 0.461 e. The van der Waals surface area contributed by atoms with E-state index in [1.807, 2.05) is 20.8 Å². The van der Waals surface area contributed by atoms with Crippen molar-refractivity contribution in [3.05, 3.63) is 36.0 Å². The standard InChI is InChI=1S/C24H36O6/c1-11(2)8-19(15(6)25)24(30-16(7)26)13(4)18-10-20(27)12(3)17-9-21(28)14(5)22(17)23(18)29/h8,13,17-24,27-29H,3,5,9-10H2,1-2,4,6-7H3/t13?,17-,18-,19?,20+,21-,22+,23+,24?/m0/s1. The Balaban J connectivity index is 2.47. The highest BCUT2D eigenvalue weighted by Gasteiger charge is 2.51. The van der Waals surface area contributed by atoms with Gasteiger partial charge in [0.15, 0.2) is 0 Å². The molecule has 168 valence electrons. The first-order chi connectivity index (χ1) is 13.9. The van der Waals surface area contributed by atoms with Crippen LogP contribution in [0, 0.1) is 29.6 Å². The molecule has 0 radical (unpaired) electrons. The summed E-state index contributed by atoms with van der Waals surface area (Å²) in [6, 6.07) is 0. The van der Waals surface area contributed by atoms with Gasteiger partial charge in [0, 0.05) is 12.8 Å². The topological polar surface area (TPSA) is 104 Å². The van der Waals surface area contributed by atoms with E-state index in [9.17, 15) is 24.9 Å². The van der Waals surface area contributed by atoms with Gasteiger partial charge in [0.05, 0.1) is 24.2 Å². The van der Waals surface area contributed by atoms with Crippen molar-refractivity contribution in [2.24, 2.45) is 29.6 Å². The van der Waals surface area contributed by atoms with E-state index in [4.69, 9.17) is 4.74 Å². The highest BCUT2D eigenvalue weighted by Crippen LogP contribution is 2.49. The molecule has 2 aliphatic carbocycles. The van der Waals surface area contributed by atoms with Crippen LogP contribution < -0.4 is 0 Å². The van der Waals surface area contributed by atoms with Gasteiger partial charge in [-0.3, -0.25) is 9.59 Å². The summed E-state index contributed by atoms with van der Waals surface area (Å²) in [4.78, 5) is 24.3. The molecule has 2 aliphatic rings. The second-order valence-corrected chi connectivity index (χ2v) is 9.25. The lowest BCUT2D eigenvalue weighted by Gasteiger charge is -2.37. The molecule has 0 saturated heterocycles. The smallest absolute Gasteiger partial charge is 0.302 e. The van der Waals surface area contributed by atoms with Gasteiger partial charge in [-0.1, -0.05) is 31.7 Å². The van der Waals surface area contributed by atoms with Crippen LogP contribution in [0.4, 0.5) is 0 Å². The number of rotatable bonds is 6. The molecule has 3 N–H and O–H groups in total. The predicted molar refractivity (Wildman–Crippen MR) is 114 cm³/mol. The number of esters is 1. The number of hydrogen-bond acceptors (Lipinski definition) is 6. The molecule has 0 bridgehead atoms. The van der Waals surface area contributed by atoms with E-state index in [0.717, 1.165) is 5.57 Å². The number of ketones is 1. The number of fused-ring (bicyclic) bond motifs is 1. The molecule has 0 amide bonds. The van der Waals surface area contributed by atoms with Crippen molar-refractivity contribution in [1.82, 2.24) is 0 Å². The van der Waals surface area contributed by atoms with E-state index in [1.54, 1.807) is 6.08 Å². The first-order valence-electron chi connectivity index (χ1n) is 10.6. The minimum atomic E-state index is -0.916. The van der Waals surface area contributed by atoms with Crippen LogP contribution >= 0.6 is 0 Å². The van der Waals surface area contributed by atoms with Crippen molar-refractivity contribution < 1.29 is 29.6 Å². The first kappa shape index (κ1) is 24.5. The zero-order valence-corrected chi connectivity index (χ0v) is 18.7. The fourth-order valence-electron chi connectivity index (χ4n) is 5.19. The Morgan fingerprint density at radius 2 is 1.60 bits per heavy atom. The number of carbonyl (C=O) groups excluding carboxylic acids is 2. The van der Waals surface area contributed by atoms with E-state index in [-0.39, 0.29) is 18.1 Å². The van der Waals surface area contributed by atoms with E-state index >= 15 is 0 Å². The zero-order chi connectivity index (χ0) is 22.9. The van der Waals surface area contributed by atoms with Crippen LogP contribution in [0.5, 0.6) is 0 Å². The minimum absolute atomic E-state index is 0.138. The molecule has 6 heteroatoms. The van der Waals surface area contributed by atoms with E-state index in [2.05, 4.69) is 13.2 Å². The lowest BCUT2D eigenvalue weighted by Crippen LogP contribution is -2.44. The summed E-state index contributed by atoms with van der Waals surface area (Å²) in [7, 11) is 0. The number of allylic oxidation sites excluding steroid dienone is 1. The average molecular weight is 421 g/mol. The zero-order valence-electron chi connectivity index (χ0n) is 18.7. The van der Waals surface area contributed by atoms with Crippen molar-refractivity contribution in [1.29, 1.82) is 0 Å². The van der Waals surface area contributed by atoms with E-state index in [1.165, 1.54) is 13.8 Å². The molecule has 0 aromatic carbocycles. The summed E-state index contributed by atoms with van der Waals surface area (Å²) in [5.41, 5.74) is 2.04. The first-order valence-corrected chi connectivity index (χ1v) is 10.6. The third-order valence-corrected chi connectivity index (χ3v) is 6.81. The van der Waals surface area contributed by atoms with Crippen molar-refractivity contribution in [2.75, 3.05) is 0 Å². The number of hydrogen-bond donors (Lipinski definition) is 3. The third-order valence-electron chi connectivity index (χ3n) is 6.81. The molecular weight excluding hydrogens is 384 g/mol. The maximum absolute atomic E-state index is 12.4. The van der Waals surface area contributed by atoms with Gasteiger partial charge in [-0.2, -0.15) is 0 Å². The molecule has 0 aromatic rings. The highest BCUT2D eigenvalue weighted by molar-refractivity contribution is 5.81. The Kier molecular flexibility index (Phi) is 7.83. The Morgan fingerprint density at radius 1 is 1.03 bits per heavy atom. The van der Waals surface area contributed by atoms with Crippen LogP contribution in [-0.4, -0.2) is 51.5 Å². The van der Waals surface area contributed by atoms with Crippen molar-refractivity contribution in [3.8, 4) is 0 Å². The second-order valence-electron chi connectivity index (χ2n) is 9.25. The molecule has 2 fully saturated rings. The molecule has 0 spiro atoms. The van der Waals surface area contributed by atoms with Gasteiger partial charge in [0.25, 0.3) is 0 Å². The van der Waals surface area contributed by atoms with Gasteiger partial charge in [-0.05, 0) is 62.5 Å². The summed E-state index contributed by atoms with van der Waals surface area (Å²) in [5.74, 6) is -2.91. The van der Waals surface area contributed by atoms with Gasteiger partial charge >= 0.3 is 5.97 Å². The number of aliphatic hydroxyl groups is 3. The maximum Gasteiger partial charge on any atom is 0.302 e. The third kappa shape index (κ3) is 4.93. The van der Waals surface area contributed by atoms with Crippen molar-refractivity contribution in [2.45, 2.75) is 71.9 Å². The summed E-state index contributed by atoms with van der Waals surface area (Å²) in [6.07, 6.45) is -0.934. The summed E-state index contributed by atoms with van der Waals surface area (Å²) >= 11 is 0. The molecule has 0 aromatic heterocycles. The number of carbonyl (C=O) groups is 2. The lowest BCUT2D eigenvalue weighted by atomic mass is 9.73. The Labute approximate surface area is 179 Å². The maximum atomic E-state index is 12.4. The minimum Gasteiger partial charge on any atom is -0.461 e. The molecule has 2 saturated carbocycles. The van der Waals surface area contributed by atoms with Crippen molar-refractivity contribution in [3.63, 3.8) is 0 Å². The monoisotopic (exact) mass is 420 g/mol. The Bertz CT molecular complexity index is 734. The van der Waals surface area contributed by atoms with Crippen LogP contribution in [0.2, 0.25) is 0 Å². The average Bonchev–Trinajstić information content (AvgIpc) is 2.90. The van der Waals surface area contributed by atoms with Crippen LogP contribution in [0.25, 0.3) is 0 Å². The SMILES string of the molecule is C=C1[C@H]2[C@H](O)[C@H](C(C)C(OC(C)=O)C(C=C(C)C)C(C)=O)C[C@@H](O)C(=C)[C@@H]2C[C@@H]1O. The fraction of sp³-hybridized carbons (Fsp3) is 0.667. The summed E-state index contributed by atoms with van der Waals surface area (Å²) in [5, 5.41) is 32.4. The number of Topliss-reactive ketones (excluding diaryl/α,β-unsaturated/α-hetero) is 1. The summed E-state index contributed by atoms with van der Waals surface area (Å²) < 4.78 is 5.61.